The molecule has 2 heteroatoms. The van der Waals surface area contributed by atoms with Crippen LogP contribution in [-0.4, -0.2) is 9.78 Å². The summed E-state index contributed by atoms with van der Waals surface area (Å²) in [6.45, 7) is 4.25. The van der Waals surface area contributed by atoms with E-state index in [-0.39, 0.29) is 0 Å². The highest BCUT2D eigenvalue weighted by Gasteiger charge is 2.04. The van der Waals surface area contributed by atoms with Gasteiger partial charge in [0.2, 0.25) is 0 Å². The van der Waals surface area contributed by atoms with E-state index in [1.54, 1.807) is 0 Å². The molecular weight excluding hydrogens is 232 g/mol. The molecule has 0 atom stereocenters. The third kappa shape index (κ3) is 2.29. The Morgan fingerprint density at radius 2 is 1.63 bits per heavy atom. The Morgan fingerprint density at radius 3 is 2.37 bits per heavy atom. The quantitative estimate of drug-likeness (QED) is 0.666. The summed E-state index contributed by atoms with van der Waals surface area (Å²) in [5.41, 5.74) is 5.84. The van der Waals surface area contributed by atoms with Crippen LogP contribution in [0, 0.1) is 13.8 Å². The molecule has 0 aliphatic rings. The first kappa shape index (κ1) is 11.7. The Kier molecular flexibility index (Phi) is 2.92. The summed E-state index contributed by atoms with van der Waals surface area (Å²) < 4.78 is 1.93. The molecule has 94 valence electrons. The summed E-state index contributed by atoms with van der Waals surface area (Å²) in [7, 11) is 0. The number of aryl methyl sites for hydroxylation is 2. The smallest absolute Gasteiger partial charge is 0.0927 e. The van der Waals surface area contributed by atoms with E-state index in [1.165, 1.54) is 11.1 Å². The number of nitrogens with zero attached hydrogens (tertiary/aromatic N) is 2. The van der Waals surface area contributed by atoms with Crippen molar-refractivity contribution in [3.05, 3.63) is 71.9 Å². The molecule has 1 aromatic heterocycles. The largest absolute Gasteiger partial charge is 0.240 e. The van der Waals surface area contributed by atoms with E-state index in [0.717, 1.165) is 16.9 Å². The molecule has 2 nitrogen and oxygen atoms in total. The van der Waals surface area contributed by atoms with Gasteiger partial charge in [-0.05, 0) is 43.2 Å². The Bertz CT molecular complexity index is 696. The lowest BCUT2D eigenvalue weighted by Gasteiger charge is -2.05. The molecule has 1 heterocycles. The molecule has 0 saturated carbocycles. The fourth-order valence-electron chi connectivity index (χ4n) is 2.10. The minimum Gasteiger partial charge on any atom is -0.240 e. The summed E-state index contributed by atoms with van der Waals surface area (Å²) in [5, 5.41) is 4.64. The lowest BCUT2D eigenvalue weighted by atomic mass is 10.1. The summed E-state index contributed by atoms with van der Waals surface area (Å²) in [6.07, 6.45) is 2.01. The van der Waals surface area contributed by atoms with Gasteiger partial charge in [0, 0.05) is 11.8 Å². The van der Waals surface area contributed by atoms with Crippen LogP contribution in [0.2, 0.25) is 0 Å². The third-order valence-electron chi connectivity index (χ3n) is 3.41. The van der Waals surface area contributed by atoms with E-state index in [9.17, 15) is 0 Å². The SMILES string of the molecule is Cc1ccc(-n2ccc(-c3ccccc3)n2)cc1C. The van der Waals surface area contributed by atoms with Gasteiger partial charge in [-0.2, -0.15) is 5.10 Å². The van der Waals surface area contributed by atoms with E-state index in [0.29, 0.717) is 0 Å². The topological polar surface area (TPSA) is 17.8 Å². The van der Waals surface area contributed by atoms with Gasteiger partial charge >= 0.3 is 0 Å². The van der Waals surface area contributed by atoms with Gasteiger partial charge in [-0.25, -0.2) is 4.68 Å². The van der Waals surface area contributed by atoms with Crippen LogP contribution < -0.4 is 0 Å². The van der Waals surface area contributed by atoms with Crippen molar-refractivity contribution in [3.8, 4) is 16.9 Å². The zero-order chi connectivity index (χ0) is 13.2. The van der Waals surface area contributed by atoms with Crippen LogP contribution in [0.1, 0.15) is 11.1 Å². The van der Waals surface area contributed by atoms with Crippen LogP contribution in [0.15, 0.2) is 60.8 Å². The number of rotatable bonds is 2. The second-order valence-corrected chi connectivity index (χ2v) is 4.78. The maximum absolute atomic E-state index is 4.64. The average molecular weight is 248 g/mol. The maximum Gasteiger partial charge on any atom is 0.0927 e. The molecule has 0 fully saturated rings. The molecule has 0 spiro atoms. The van der Waals surface area contributed by atoms with E-state index in [4.69, 9.17) is 0 Å². The van der Waals surface area contributed by atoms with Crippen molar-refractivity contribution in [1.29, 1.82) is 0 Å². The minimum atomic E-state index is 0.999. The highest BCUT2D eigenvalue weighted by molar-refractivity contribution is 5.58. The number of benzene rings is 2. The summed E-state index contributed by atoms with van der Waals surface area (Å²) in [6, 6.07) is 18.7. The molecule has 0 amide bonds. The second-order valence-electron chi connectivity index (χ2n) is 4.78. The standard InChI is InChI=1S/C17H16N2/c1-13-8-9-16(12-14(13)2)19-11-10-17(18-19)15-6-4-3-5-7-15/h3-12H,1-2H3. The molecule has 0 saturated heterocycles. The van der Waals surface area contributed by atoms with Crippen molar-refractivity contribution >= 4 is 0 Å². The predicted octanol–water partition coefficient (Wildman–Crippen LogP) is 4.16. The van der Waals surface area contributed by atoms with Crippen LogP contribution in [0.4, 0.5) is 0 Å². The fourth-order valence-corrected chi connectivity index (χ4v) is 2.10. The zero-order valence-electron chi connectivity index (χ0n) is 11.2. The third-order valence-corrected chi connectivity index (χ3v) is 3.41. The molecular formula is C17H16N2. The van der Waals surface area contributed by atoms with Crippen molar-refractivity contribution in [2.75, 3.05) is 0 Å². The monoisotopic (exact) mass is 248 g/mol. The van der Waals surface area contributed by atoms with E-state index >= 15 is 0 Å². The summed E-state index contributed by atoms with van der Waals surface area (Å²) >= 11 is 0. The molecule has 19 heavy (non-hydrogen) atoms. The van der Waals surface area contributed by atoms with Crippen LogP contribution in [0.5, 0.6) is 0 Å². The lowest BCUT2D eigenvalue weighted by Crippen LogP contribution is -1.96. The van der Waals surface area contributed by atoms with Gasteiger partial charge in [0.1, 0.15) is 0 Å². The molecule has 2 aromatic carbocycles. The fraction of sp³-hybridized carbons (Fsp3) is 0.118. The van der Waals surface area contributed by atoms with Gasteiger partial charge in [-0.15, -0.1) is 0 Å². The maximum atomic E-state index is 4.64. The van der Waals surface area contributed by atoms with Gasteiger partial charge in [0.25, 0.3) is 0 Å². The highest BCUT2D eigenvalue weighted by Crippen LogP contribution is 2.19. The van der Waals surface area contributed by atoms with Crippen LogP contribution in [0.3, 0.4) is 0 Å². The van der Waals surface area contributed by atoms with Gasteiger partial charge in [0.05, 0.1) is 11.4 Å². The predicted molar refractivity (Wildman–Crippen MR) is 78.5 cm³/mol. The van der Waals surface area contributed by atoms with Gasteiger partial charge in [-0.1, -0.05) is 36.4 Å². The molecule has 0 bridgehead atoms. The average Bonchev–Trinajstić information content (AvgIpc) is 2.93. The molecule has 3 aromatic rings. The molecule has 0 aliphatic heterocycles. The van der Waals surface area contributed by atoms with Crippen molar-refractivity contribution < 1.29 is 0 Å². The first-order chi connectivity index (χ1) is 9.24. The normalized spacial score (nSPS) is 10.6. The lowest BCUT2D eigenvalue weighted by molar-refractivity contribution is 0.882. The Morgan fingerprint density at radius 1 is 0.842 bits per heavy atom. The van der Waals surface area contributed by atoms with Crippen molar-refractivity contribution in [2.24, 2.45) is 0 Å². The van der Waals surface area contributed by atoms with E-state index < -0.39 is 0 Å². The van der Waals surface area contributed by atoms with Gasteiger partial charge in [-0.3, -0.25) is 0 Å². The Balaban J connectivity index is 1.99. The number of hydrogen-bond donors (Lipinski definition) is 0. The van der Waals surface area contributed by atoms with Crippen LogP contribution in [-0.2, 0) is 0 Å². The van der Waals surface area contributed by atoms with Crippen LogP contribution in [0.25, 0.3) is 16.9 Å². The van der Waals surface area contributed by atoms with Crippen molar-refractivity contribution in [3.63, 3.8) is 0 Å². The minimum absolute atomic E-state index is 0.999. The van der Waals surface area contributed by atoms with E-state index in [2.05, 4.69) is 49.3 Å². The van der Waals surface area contributed by atoms with Crippen molar-refractivity contribution in [2.45, 2.75) is 13.8 Å². The summed E-state index contributed by atoms with van der Waals surface area (Å²) in [4.78, 5) is 0. The Labute approximate surface area is 113 Å². The zero-order valence-corrected chi connectivity index (χ0v) is 11.2. The molecule has 0 aliphatic carbocycles. The molecule has 3 rings (SSSR count). The van der Waals surface area contributed by atoms with Gasteiger partial charge < -0.3 is 0 Å². The van der Waals surface area contributed by atoms with Crippen molar-refractivity contribution in [1.82, 2.24) is 9.78 Å². The Hall–Kier alpha value is -2.35. The first-order valence-corrected chi connectivity index (χ1v) is 6.43. The summed E-state index contributed by atoms with van der Waals surface area (Å²) in [5.74, 6) is 0. The molecule has 0 N–H and O–H groups in total. The van der Waals surface area contributed by atoms with Gasteiger partial charge in [0.15, 0.2) is 0 Å². The highest BCUT2D eigenvalue weighted by atomic mass is 15.3. The molecule has 0 unspecified atom stereocenters. The number of hydrogen-bond acceptors (Lipinski definition) is 1. The second kappa shape index (κ2) is 4.73. The molecule has 0 radical (unpaired) electrons. The number of aromatic nitrogens is 2. The van der Waals surface area contributed by atoms with Crippen LogP contribution >= 0.6 is 0 Å². The van der Waals surface area contributed by atoms with E-state index in [1.807, 2.05) is 35.1 Å². The first-order valence-electron chi connectivity index (χ1n) is 6.43.